The number of hydrogen-bond donors (Lipinski definition) is 0. The lowest BCUT2D eigenvalue weighted by Crippen LogP contribution is -2.14. The van der Waals surface area contributed by atoms with Crippen molar-refractivity contribution in [3.05, 3.63) is 53.5 Å². The maximum atomic E-state index is 13.2. The first kappa shape index (κ1) is 16.4. The largest absolute Gasteiger partial charge is 0.469 e. The molecule has 0 amide bonds. The summed E-state index contributed by atoms with van der Waals surface area (Å²) in [5, 5.41) is 7.39. The van der Waals surface area contributed by atoms with Crippen molar-refractivity contribution < 1.29 is 22.4 Å². The highest BCUT2D eigenvalue weighted by molar-refractivity contribution is 8.00. The third-order valence-corrected chi connectivity index (χ3v) is 4.28. The first-order valence-electron chi connectivity index (χ1n) is 6.99. The normalized spacial score (nSPS) is 12.3. The molecule has 0 aliphatic rings. The molecule has 0 saturated carbocycles. The monoisotopic (exact) mass is 350 g/mol. The average molecular weight is 350 g/mol. The Bertz CT molecular complexity index is 891. The number of carbonyl (C=O) groups excluding carboxylic acids is 1. The van der Waals surface area contributed by atoms with Crippen molar-refractivity contribution in [3.8, 4) is 11.5 Å². The van der Waals surface area contributed by atoms with Gasteiger partial charge in [-0.2, -0.15) is 0 Å². The molecule has 0 spiro atoms. The van der Waals surface area contributed by atoms with Crippen LogP contribution in [0.25, 0.3) is 11.5 Å². The second-order valence-corrected chi connectivity index (χ2v) is 6.31. The molecule has 2 aromatic heterocycles. The molecule has 3 aromatic rings. The van der Waals surface area contributed by atoms with Crippen LogP contribution in [-0.4, -0.2) is 21.2 Å². The zero-order valence-electron chi connectivity index (χ0n) is 12.7. The van der Waals surface area contributed by atoms with Crippen LogP contribution in [0.1, 0.15) is 23.0 Å². The molecule has 1 atom stereocenters. The van der Waals surface area contributed by atoms with Crippen molar-refractivity contribution in [3.63, 3.8) is 0 Å². The third-order valence-electron chi connectivity index (χ3n) is 3.35. The number of thioether (sulfide) groups is 1. The van der Waals surface area contributed by atoms with E-state index in [2.05, 4.69) is 10.2 Å². The Kier molecular flexibility index (Phi) is 4.48. The summed E-state index contributed by atoms with van der Waals surface area (Å²) in [6, 6.07) is 4.74. The van der Waals surface area contributed by atoms with Crippen LogP contribution in [0, 0.1) is 18.6 Å². The lowest BCUT2D eigenvalue weighted by molar-refractivity contribution is 0.0993. The summed E-state index contributed by atoms with van der Waals surface area (Å²) in [5.41, 5.74) is 0.758. The number of furan rings is 1. The Balaban J connectivity index is 1.74. The molecular weight excluding hydrogens is 338 g/mol. The molecule has 3 rings (SSSR count). The van der Waals surface area contributed by atoms with Crippen molar-refractivity contribution in [2.75, 3.05) is 0 Å². The molecule has 0 saturated heterocycles. The van der Waals surface area contributed by atoms with Crippen molar-refractivity contribution in [1.82, 2.24) is 10.2 Å². The van der Waals surface area contributed by atoms with E-state index in [1.807, 2.05) is 0 Å². The molecule has 1 unspecified atom stereocenters. The molecule has 0 aliphatic carbocycles. The minimum Gasteiger partial charge on any atom is -0.469 e. The van der Waals surface area contributed by atoms with Gasteiger partial charge in [0.25, 0.3) is 11.1 Å². The van der Waals surface area contributed by atoms with E-state index in [-0.39, 0.29) is 22.5 Å². The van der Waals surface area contributed by atoms with Crippen LogP contribution in [0.5, 0.6) is 0 Å². The van der Waals surface area contributed by atoms with Crippen molar-refractivity contribution in [2.45, 2.75) is 24.3 Å². The number of benzene rings is 1. The number of halogens is 2. The lowest BCUT2D eigenvalue weighted by Gasteiger charge is -2.07. The summed E-state index contributed by atoms with van der Waals surface area (Å²) >= 11 is 1.04. The van der Waals surface area contributed by atoms with Crippen LogP contribution in [0.4, 0.5) is 8.78 Å². The predicted molar refractivity (Wildman–Crippen MR) is 82.7 cm³/mol. The number of ketones is 1. The van der Waals surface area contributed by atoms with Crippen LogP contribution >= 0.6 is 11.8 Å². The van der Waals surface area contributed by atoms with Crippen LogP contribution in [0.3, 0.4) is 0 Å². The average Bonchev–Trinajstić information content (AvgIpc) is 3.18. The molecule has 8 heteroatoms. The molecule has 0 N–H and O–H groups in total. The van der Waals surface area contributed by atoms with Gasteiger partial charge in [0, 0.05) is 5.56 Å². The third kappa shape index (κ3) is 3.23. The van der Waals surface area contributed by atoms with Gasteiger partial charge in [-0.15, -0.1) is 10.2 Å². The second kappa shape index (κ2) is 6.56. The Morgan fingerprint density at radius 2 is 2.00 bits per heavy atom. The van der Waals surface area contributed by atoms with E-state index >= 15 is 0 Å². The summed E-state index contributed by atoms with van der Waals surface area (Å²) < 4.78 is 36.9. The fraction of sp³-hybridized carbons (Fsp3) is 0.188. The van der Waals surface area contributed by atoms with E-state index in [0.29, 0.717) is 11.3 Å². The van der Waals surface area contributed by atoms with Gasteiger partial charge in [-0.25, -0.2) is 8.78 Å². The Morgan fingerprint density at radius 3 is 2.67 bits per heavy atom. The van der Waals surface area contributed by atoms with Crippen LogP contribution in [0.15, 0.2) is 44.6 Å². The number of rotatable bonds is 5. The van der Waals surface area contributed by atoms with Gasteiger partial charge in [-0.05, 0) is 38.1 Å². The molecule has 2 heterocycles. The first-order valence-corrected chi connectivity index (χ1v) is 7.87. The summed E-state index contributed by atoms with van der Waals surface area (Å²) in [5.74, 6) is -1.49. The summed E-state index contributed by atoms with van der Waals surface area (Å²) in [6.45, 7) is 3.39. The predicted octanol–water partition coefficient (Wildman–Crippen LogP) is 4.28. The summed E-state index contributed by atoms with van der Waals surface area (Å²) in [6.07, 6.45) is 1.51. The molecule has 124 valence electrons. The SMILES string of the molecule is Cc1occc1-c1nnc(SC(C)C(=O)c2ccc(F)c(F)c2)o1. The molecule has 0 fully saturated rings. The summed E-state index contributed by atoms with van der Waals surface area (Å²) in [7, 11) is 0. The number of nitrogens with zero attached hydrogens (tertiary/aromatic N) is 2. The zero-order chi connectivity index (χ0) is 17.3. The quantitative estimate of drug-likeness (QED) is 0.505. The van der Waals surface area contributed by atoms with E-state index in [1.165, 1.54) is 12.3 Å². The van der Waals surface area contributed by atoms with E-state index in [4.69, 9.17) is 8.83 Å². The van der Waals surface area contributed by atoms with Gasteiger partial charge in [0.15, 0.2) is 17.4 Å². The smallest absolute Gasteiger partial charge is 0.277 e. The van der Waals surface area contributed by atoms with Crippen molar-refractivity contribution in [2.24, 2.45) is 0 Å². The zero-order valence-corrected chi connectivity index (χ0v) is 13.6. The van der Waals surface area contributed by atoms with E-state index in [0.717, 1.165) is 23.9 Å². The van der Waals surface area contributed by atoms with E-state index in [9.17, 15) is 13.6 Å². The Hall–Kier alpha value is -2.48. The Morgan fingerprint density at radius 1 is 1.21 bits per heavy atom. The van der Waals surface area contributed by atoms with Crippen LogP contribution < -0.4 is 0 Å². The number of carbonyl (C=O) groups is 1. The highest BCUT2D eigenvalue weighted by Gasteiger charge is 2.21. The lowest BCUT2D eigenvalue weighted by atomic mass is 10.1. The van der Waals surface area contributed by atoms with Gasteiger partial charge in [0.05, 0.1) is 17.1 Å². The number of hydrogen-bond acceptors (Lipinski definition) is 6. The van der Waals surface area contributed by atoms with Crippen LogP contribution in [-0.2, 0) is 0 Å². The van der Waals surface area contributed by atoms with Crippen molar-refractivity contribution >= 4 is 17.5 Å². The van der Waals surface area contributed by atoms with Gasteiger partial charge in [0.2, 0.25) is 0 Å². The van der Waals surface area contributed by atoms with Crippen LogP contribution in [0.2, 0.25) is 0 Å². The van der Waals surface area contributed by atoms with Gasteiger partial charge >= 0.3 is 0 Å². The number of aromatic nitrogens is 2. The van der Waals surface area contributed by atoms with E-state index < -0.39 is 16.9 Å². The standard InChI is InChI=1S/C16H12F2N2O3S/c1-8-11(5-6-22-8)15-19-20-16(23-15)24-9(2)14(21)10-3-4-12(17)13(18)7-10/h3-7,9H,1-2H3. The van der Waals surface area contributed by atoms with Gasteiger partial charge in [-0.3, -0.25) is 4.79 Å². The molecule has 0 aliphatic heterocycles. The highest BCUT2D eigenvalue weighted by Crippen LogP contribution is 2.29. The number of aryl methyl sites for hydroxylation is 1. The topological polar surface area (TPSA) is 69.1 Å². The maximum Gasteiger partial charge on any atom is 0.277 e. The minimum absolute atomic E-state index is 0.0827. The minimum atomic E-state index is -1.06. The van der Waals surface area contributed by atoms with Gasteiger partial charge in [0.1, 0.15) is 5.76 Å². The molecular formula is C16H12F2N2O3S. The fourth-order valence-electron chi connectivity index (χ4n) is 2.06. The number of Topliss-reactive ketones (excluding diaryl/α,β-unsaturated/α-hetero) is 1. The molecule has 0 bridgehead atoms. The first-order chi connectivity index (χ1) is 11.5. The highest BCUT2D eigenvalue weighted by atomic mass is 32.2. The second-order valence-electron chi connectivity index (χ2n) is 5.02. The summed E-state index contributed by atoms with van der Waals surface area (Å²) in [4.78, 5) is 12.3. The van der Waals surface area contributed by atoms with Gasteiger partial charge in [-0.1, -0.05) is 11.8 Å². The van der Waals surface area contributed by atoms with Gasteiger partial charge < -0.3 is 8.83 Å². The molecule has 0 radical (unpaired) electrons. The molecule has 24 heavy (non-hydrogen) atoms. The molecule has 1 aromatic carbocycles. The fourth-order valence-corrected chi connectivity index (χ4v) is 2.82. The van der Waals surface area contributed by atoms with E-state index in [1.54, 1.807) is 19.9 Å². The molecule has 5 nitrogen and oxygen atoms in total. The maximum absolute atomic E-state index is 13.2. The van der Waals surface area contributed by atoms with Crippen molar-refractivity contribution in [1.29, 1.82) is 0 Å². The Labute approximate surface area is 140 Å².